The molecule has 1 heterocycles. The van der Waals surface area contributed by atoms with E-state index in [0.717, 1.165) is 15.2 Å². The van der Waals surface area contributed by atoms with Crippen LogP contribution in [0, 0.1) is 12.7 Å². The maximum Gasteiger partial charge on any atom is 0.237 e. The van der Waals surface area contributed by atoms with E-state index in [2.05, 4.69) is 15.6 Å². The number of fused-ring (bicyclic) bond motifs is 1. The zero-order chi connectivity index (χ0) is 19.4. The van der Waals surface area contributed by atoms with Crippen LogP contribution in [0.4, 0.5) is 15.8 Å². The number of rotatable bonds is 6. The van der Waals surface area contributed by atoms with E-state index in [9.17, 15) is 14.0 Å². The van der Waals surface area contributed by atoms with Crippen LogP contribution in [-0.2, 0) is 9.59 Å². The molecule has 0 spiro atoms. The quantitative estimate of drug-likeness (QED) is 0.638. The summed E-state index contributed by atoms with van der Waals surface area (Å²) < 4.78 is 13.9. The summed E-state index contributed by atoms with van der Waals surface area (Å²) in [4.78, 5) is 28.7. The first kappa shape index (κ1) is 19.3. The fraction of sp³-hybridized carbons (Fsp3) is 0.211. The Hall–Kier alpha value is -2.45. The maximum atomic E-state index is 12.9. The van der Waals surface area contributed by atoms with Gasteiger partial charge in [-0.1, -0.05) is 0 Å². The molecular weight excluding hydrogens is 385 g/mol. The van der Waals surface area contributed by atoms with E-state index >= 15 is 0 Å². The third-order valence-corrected chi connectivity index (χ3v) is 5.80. The lowest BCUT2D eigenvalue weighted by Gasteiger charge is -2.12. The molecule has 2 aromatic carbocycles. The highest BCUT2D eigenvalue weighted by Crippen LogP contribution is 2.25. The van der Waals surface area contributed by atoms with Crippen LogP contribution in [0.2, 0.25) is 0 Å². The van der Waals surface area contributed by atoms with E-state index in [1.54, 1.807) is 18.3 Å². The Morgan fingerprint density at radius 1 is 1.15 bits per heavy atom. The van der Waals surface area contributed by atoms with Crippen molar-refractivity contribution in [2.24, 2.45) is 0 Å². The van der Waals surface area contributed by atoms with Gasteiger partial charge >= 0.3 is 0 Å². The molecule has 1 unspecified atom stereocenters. The summed E-state index contributed by atoms with van der Waals surface area (Å²) >= 11 is 2.81. The lowest BCUT2D eigenvalue weighted by atomic mass is 10.3. The third kappa shape index (κ3) is 5.27. The molecule has 3 rings (SSSR count). The van der Waals surface area contributed by atoms with Gasteiger partial charge in [-0.25, -0.2) is 9.37 Å². The number of halogens is 1. The number of aryl methyl sites for hydroxylation is 1. The molecule has 0 bridgehead atoms. The zero-order valence-corrected chi connectivity index (χ0v) is 16.4. The number of aromatic nitrogens is 1. The monoisotopic (exact) mass is 403 g/mol. The summed E-state index contributed by atoms with van der Waals surface area (Å²) in [7, 11) is 0. The van der Waals surface area contributed by atoms with Gasteiger partial charge in [0.05, 0.1) is 26.2 Å². The average molecular weight is 404 g/mol. The Labute approximate surface area is 164 Å². The number of nitrogens with one attached hydrogen (secondary N) is 2. The van der Waals surface area contributed by atoms with E-state index in [1.165, 1.54) is 36.0 Å². The number of carbonyl (C=O) groups excluding carboxylic acids is 2. The van der Waals surface area contributed by atoms with Crippen LogP contribution in [0.5, 0.6) is 0 Å². The van der Waals surface area contributed by atoms with Crippen LogP contribution in [0.1, 0.15) is 11.9 Å². The average Bonchev–Trinajstić information content (AvgIpc) is 3.01. The van der Waals surface area contributed by atoms with Gasteiger partial charge in [-0.3, -0.25) is 9.59 Å². The molecular formula is C19H18FN3O2S2. The number of carbonyl (C=O) groups is 2. The van der Waals surface area contributed by atoms with Crippen LogP contribution in [0.25, 0.3) is 10.2 Å². The molecule has 0 fully saturated rings. The van der Waals surface area contributed by atoms with Crippen molar-refractivity contribution in [3.63, 3.8) is 0 Å². The first-order valence-electron chi connectivity index (χ1n) is 8.26. The largest absolute Gasteiger partial charge is 0.325 e. The van der Waals surface area contributed by atoms with Crippen molar-refractivity contribution in [3.05, 3.63) is 53.3 Å². The van der Waals surface area contributed by atoms with E-state index in [1.807, 2.05) is 25.1 Å². The number of thiazole rings is 1. The van der Waals surface area contributed by atoms with Crippen molar-refractivity contribution < 1.29 is 14.0 Å². The summed E-state index contributed by atoms with van der Waals surface area (Å²) in [6.07, 6.45) is 0. The van der Waals surface area contributed by atoms with Crippen molar-refractivity contribution in [1.82, 2.24) is 4.98 Å². The zero-order valence-electron chi connectivity index (χ0n) is 14.8. The summed E-state index contributed by atoms with van der Waals surface area (Å²) in [6.45, 7) is 3.69. The standard InChI is InChI=1S/C19H18FN3O2S2/c1-11(26-10-18(24)22-14-5-3-13(20)4-6-14)19(25)23-15-7-8-16-17(9-15)27-12(2)21-16/h3-9,11H,10H2,1-2H3,(H,22,24)(H,23,25). The third-order valence-electron chi connectivity index (χ3n) is 3.72. The van der Waals surface area contributed by atoms with E-state index in [-0.39, 0.29) is 23.4 Å². The lowest BCUT2D eigenvalue weighted by Crippen LogP contribution is -2.25. The number of benzene rings is 2. The number of hydrogen-bond donors (Lipinski definition) is 2. The SMILES string of the molecule is Cc1nc2ccc(NC(=O)C(C)SCC(=O)Nc3ccc(F)cc3)cc2s1. The summed E-state index contributed by atoms with van der Waals surface area (Å²) in [6, 6.07) is 11.1. The van der Waals surface area contributed by atoms with Gasteiger partial charge in [0.2, 0.25) is 11.8 Å². The Morgan fingerprint density at radius 3 is 2.59 bits per heavy atom. The second-order valence-electron chi connectivity index (χ2n) is 5.91. The number of nitrogens with zero attached hydrogens (tertiary/aromatic N) is 1. The van der Waals surface area contributed by atoms with Crippen LogP contribution in [0.3, 0.4) is 0 Å². The molecule has 27 heavy (non-hydrogen) atoms. The smallest absolute Gasteiger partial charge is 0.237 e. The normalized spacial score (nSPS) is 12.0. The Bertz CT molecular complexity index is 973. The molecule has 0 aliphatic carbocycles. The van der Waals surface area contributed by atoms with Gasteiger partial charge in [0, 0.05) is 11.4 Å². The number of anilines is 2. The minimum absolute atomic E-state index is 0.124. The number of amides is 2. The Balaban J connectivity index is 1.50. The van der Waals surface area contributed by atoms with Gasteiger partial charge in [0.15, 0.2) is 0 Å². The summed E-state index contributed by atoms with van der Waals surface area (Å²) in [5.74, 6) is -0.652. The highest BCUT2D eigenvalue weighted by atomic mass is 32.2. The predicted molar refractivity (Wildman–Crippen MR) is 110 cm³/mol. The van der Waals surface area contributed by atoms with Crippen molar-refractivity contribution in [1.29, 1.82) is 0 Å². The summed E-state index contributed by atoms with van der Waals surface area (Å²) in [5, 5.41) is 6.12. The van der Waals surface area contributed by atoms with Crippen molar-refractivity contribution >= 4 is 56.5 Å². The van der Waals surface area contributed by atoms with Crippen molar-refractivity contribution in [2.45, 2.75) is 19.1 Å². The molecule has 0 radical (unpaired) electrons. The van der Waals surface area contributed by atoms with Crippen LogP contribution in [0.15, 0.2) is 42.5 Å². The first-order valence-corrected chi connectivity index (χ1v) is 10.1. The summed E-state index contributed by atoms with van der Waals surface area (Å²) in [5.41, 5.74) is 2.14. The fourth-order valence-corrected chi connectivity index (χ4v) is 3.92. The van der Waals surface area contributed by atoms with Gasteiger partial charge in [0.1, 0.15) is 5.82 Å². The van der Waals surface area contributed by atoms with E-state index < -0.39 is 5.25 Å². The molecule has 2 N–H and O–H groups in total. The first-order chi connectivity index (χ1) is 12.9. The second kappa shape index (κ2) is 8.49. The fourth-order valence-electron chi connectivity index (χ4n) is 2.37. The van der Waals surface area contributed by atoms with Gasteiger partial charge in [0.25, 0.3) is 0 Å². The van der Waals surface area contributed by atoms with Gasteiger partial charge in [-0.2, -0.15) is 0 Å². The molecule has 3 aromatic rings. The van der Waals surface area contributed by atoms with Gasteiger partial charge in [-0.15, -0.1) is 23.1 Å². The molecule has 8 heteroatoms. The molecule has 0 saturated heterocycles. The van der Waals surface area contributed by atoms with Crippen molar-refractivity contribution in [2.75, 3.05) is 16.4 Å². The van der Waals surface area contributed by atoms with Crippen LogP contribution < -0.4 is 10.6 Å². The predicted octanol–water partition coefficient (Wildman–Crippen LogP) is 4.44. The van der Waals surface area contributed by atoms with Crippen LogP contribution >= 0.6 is 23.1 Å². The van der Waals surface area contributed by atoms with E-state index in [4.69, 9.17) is 0 Å². The highest BCUT2D eigenvalue weighted by molar-refractivity contribution is 8.01. The number of thioether (sulfide) groups is 1. The Morgan fingerprint density at radius 2 is 1.85 bits per heavy atom. The molecule has 0 aliphatic heterocycles. The topological polar surface area (TPSA) is 71.1 Å². The van der Waals surface area contributed by atoms with Crippen LogP contribution in [-0.4, -0.2) is 27.8 Å². The molecule has 2 amide bonds. The number of hydrogen-bond acceptors (Lipinski definition) is 5. The molecule has 1 aromatic heterocycles. The minimum atomic E-state index is -0.400. The molecule has 0 aliphatic rings. The van der Waals surface area contributed by atoms with Crippen molar-refractivity contribution in [3.8, 4) is 0 Å². The minimum Gasteiger partial charge on any atom is -0.325 e. The lowest BCUT2D eigenvalue weighted by molar-refractivity contribution is -0.115. The second-order valence-corrected chi connectivity index (χ2v) is 8.48. The van der Waals surface area contributed by atoms with E-state index in [0.29, 0.717) is 11.4 Å². The highest BCUT2D eigenvalue weighted by Gasteiger charge is 2.16. The molecule has 140 valence electrons. The molecule has 5 nitrogen and oxygen atoms in total. The van der Waals surface area contributed by atoms with Gasteiger partial charge < -0.3 is 10.6 Å². The Kier molecular flexibility index (Phi) is 6.08. The molecule has 1 atom stereocenters. The molecule has 0 saturated carbocycles. The maximum absolute atomic E-state index is 12.9. The van der Waals surface area contributed by atoms with Gasteiger partial charge in [-0.05, 0) is 56.3 Å².